The predicted molar refractivity (Wildman–Crippen MR) is 177 cm³/mol. The maximum Gasteiger partial charge on any atom is 0.149 e. The van der Waals surface area contributed by atoms with Gasteiger partial charge in [-0.2, -0.15) is 0 Å². The summed E-state index contributed by atoms with van der Waals surface area (Å²) in [5, 5.41) is 1.03. The van der Waals surface area contributed by atoms with Crippen molar-refractivity contribution in [3.8, 4) is 50.5 Å². The highest BCUT2D eigenvalue weighted by Gasteiger charge is 2.24. The van der Waals surface area contributed by atoms with Gasteiger partial charge in [-0.25, -0.2) is 4.98 Å². The van der Waals surface area contributed by atoms with E-state index in [1.54, 1.807) is 0 Å². The van der Waals surface area contributed by atoms with Gasteiger partial charge in [0.15, 0.2) is 0 Å². The summed E-state index contributed by atoms with van der Waals surface area (Å²) in [6, 6.07) is 51.1. The molecule has 0 N–H and O–H groups in total. The lowest BCUT2D eigenvalue weighted by atomic mass is 9.93. The minimum absolute atomic E-state index is 0.837. The molecule has 2 aromatic heterocycles. The van der Waals surface area contributed by atoms with Crippen molar-refractivity contribution in [3.63, 3.8) is 0 Å². The number of fused-ring (bicyclic) bond motifs is 2. The van der Waals surface area contributed by atoms with Crippen molar-refractivity contribution in [3.05, 3.63) is 157 Å². The standard InChI is InChI=1S/C40H28N2O/c1-27-23-32(29-15-7-3-8-16-29)39(33(24-27)30-17-9-4-10-18-30)42-37-20-12-11-19-36(37)41-40(42)35-26-43-38-22-21-31(25-34(35)38)28-13-5-2-6-14-28/h2-26H,1H3. The maximum atomic E-state index is 6.18. The summed E-state index contributed by atoms with van der Waals surface area (Å²) in [5.74, 6) is 0.850. The second-order valence-corrected chi connectivity index (χ2v) is 10.9. The van der Waals surface area contributed by atoms with Gasteiger partial charge in [-0.3, -0.25) is 4.57 Å². The molecule has 0 saturated carbocycles. The zero-order valence-electron chi connectivity index (χ0n) is 23.7. The first kappa shape index (κ1) is 25.1. The summed E-state index contributed by atoms with van der Waals surface area (Å²) < 4.78 is 8.51. The van der Waals surface area contributed by atoms with E-state index in [1.165, 1.54) is 11.1 Å². The summed E-state index contributed by atoms with van der Waals surface area (Å²) in [6.07, 6.45) is 1.86. The van der Waals surface area contributed by atoms with Crippen LogP contribution in [-0.4, -0.2) is 9.55 Å². The molecular formula is C40H28N2O. The third-order valence-electron chi connectivity index (χ3n) is 8.13. The normalized spacial score (nSPS) is 11.4. The van der Waals surface area contributed by atoms with Gasteiger partial charge >= 0.3 is 0 Å². The van der Waals surface area contributed by atoms with Gasteiger partial charge < -0.3 is 4.42 Å². The molecule has 8 rings (SSSR count). The molecule has 0 atom stereocenters. The number of imidazole rings is 1. The molecule has 3 heteroatoms. The Morgan fingerprint density at radius 3 is 1.77 bits per heavy atom. The van der Waals surface area contributed by atoms with Gasteiger partial charge in [-0.05, 0) is 71.1 Å². The zero-order chi connectivity index (χ0) is 28.8. The number of hydrogen-bond acceptors (Lipinski definition) is 2. The van der Waals surface area contributed by atoms with E-state index in [0.29, 0.717) is 0 Å². The Morgan fingerprint density at radius 1 is 0.535 bits per heavy atom. The smallest absolute Gasteiger partial charge is 0.149 e. The fourth-order valence-corrected chi connectivity index (χ4v) is 6.14. The molecule has 0 aliphatic rings. The molecule has 0 radical (unpaired) electrons. The summed E-state index contributed by atoms with van der Waals surface area (Å²) in [5.41, 5.74) is 13.0. The summed E-state index contributed by atoms with van der Waals surface area (Å²) in [4.78, 5) is 5.28. The molecule has 2 heterocycles. The summed E-state index contributed by atoms with van der Waals surface area (Å²) in [7, 11) is 0. The number of nitrogens with zero attached hydrogens (tertiary/aromatic N) is 2. The number of benzene rings is 6. The fourth-order valence-electron chi connectivity index (χ4n) is 6.14. The molecular weight excluding hydrogens is 524 g/mol. The van der Waals surface area contributed by atoms with Gasteiger partial charge in [-0.15, -0.1) is 0 Å². The van der Waals surface area contributed by atoms with Crippen LogP contribution in [0.4, 0.5) is 0 Å². The van der Waals surface area contributed by atoms with Crippen molar-refractivity contribution in [2.24, 2.45) is 0 Å². The van der Waals surface area contributed by atoms with Gasteiger partial charge in [0.25, 0.3) is 0 Å². The molecule has 0 unspecified atom stereocenters. The number of rotatable bonds is 5. The first-order chi connectivity index (χ1) is 21.2. The molecule has 0 bridgehead atoms. The van der Waals surface area contributed by atoms with Gasteiger partial charge in [0, 0.05) is 16.5 Å². The Kier molecular flexibility index (Phi) is 6.01. The van der Waals surface area contributed by atoms with Crippen molar-refractivity contribution >= 4 is 22.0 Å². The Hall–Kier alpha value is -5.67. The van der Waals surface area contributed by atoms with Crippen LogP contribution in [0.3, 0.4) is 0 Å². The second-order valence-electron chi connectivity index (χ2n) is 10.9. The van der Waals surface area contributed by atoms with E-state index < -0.39 is 0 Å². The highest BCUT2D eigenvalue weighted by atomic mass is 16.3. The SMILES string of the molecule is Cc1cc(-c2ccccc2)c(-n2c(-c3coc4ccc(-c5ccccc5)cc34)nc3ccccc32)c(-c2ccccc2)c1. The zero-order valence-corrected chi connectivity index (χ0v) is 23.7. The minimum Gasteiger partial charge on any atom is -0.464 e. The van der Waals surface area contributed by atoms with E-state index in [0.717, 1.165) is 66.9 Å². The first-order valence-corrected chi connectivity index (χ1v) is 14.5. The number of aryl methyl sites for hydroxylation is 1. The predicted octanol–water partition coefficient (Wildman–Crippen LogP) is 10.7. The van der Waals surface area contributed by atoms with Crippen LogP contribution in [0.2, 0.25) is 0 Å². The lowest BCUT2D eigenvalue weighted by Gasteiger charge is -2.20. The van der Waals surface area contributed by atoms with Crippen molar-refractivity contribution in [1.82, 2.24) is 9.55 Å². The van der Waals surface area contributed by atoms with E-state index in [1.807, 2.05) is 12.3 Å². The number of furan rings is 1. The van der Waals surface area contributed by atoms with E-state index in [9.17, 15) is 0 Å². The van der Waals surface area contributed by atoms with Crippen LogP contribution >= 0.6 is 0 Å². The van der Waals surface area contributed by atoms with Crippen LogP contribution in [-0.2, 0) is 0 Å². The third-order valence-corrected chi connectivity index (χ3v) is 8.13. The molecule has 0 saturated heterocycles. The van der Waals surface area contributed by atoms with Crippen LogP contribution in [0.25, 0.3) is 72.5 Å². The average Bonchev–Trinajstić information content (AvgIpc) is 3.66. The van der Waals surface area contributed by atoms with Crippen LogP contribution in [0.5, 0.6) is 0 Å². The molecule has 0 amide bonds. The van der Waals surface area contributed by atoms with Crippen LogP contribution in [0.1, 0.15) is 5.56 Å². The van der Waals surface area contributed by atoms with E-state index in [2.05, 4.69) is 151 Å². The van der Waals surface area contributed by atoms with Crippen LogP contribution < -0.4 is 0 Å². The maximum absolute atomic E-state index is 6.18. The molecule has 0 aliphatic heterocycles. The molecule has 204 valence electrons. The summed E-state index contributed by atoms with van der Waals surface area (Å²) in [6.45, 7) is 2.17. The van der Waals surface area contributed by atoms with Crippen molar-refractivity contribution in [2.75, 3.05) is 0 Å². The van der Waals surface area contributed by atoms with Crippen LogP contribution in [0.15, 0.2) is 156 Å². The van der Waals surface area contributed by atoms with Crippen molar-refractivity contribution in [2.45, 2.75) is 6.92 Å². The molecule has 0 spiro atoms. The summed E-state index contributed by atoms with van der Waals surface area (Å²) >= 11 is 0. The average molecular weight is 553 g/mol. The number of aromatic nitrogens is 2. The second kappa shape index (κ2) is 10.3. The Labute approximate surface area is 250 Å². The molecule has 6 aromatic carbocycles. The Bertz CT molecular complexity index is 2170. The van der Waals surface area contributed by atoms with Crippen molar-refractivity contribution in [1.29, 1.82) is 0 Å². The number of hydrogen-bond donors (Lipinski definition) is 0. The fraction of sp³-hybridized carbons (Fsp3) is 0.0250. The third kappa shape index (κ3) is 4.34. The van der Waals surface area contributed by atoms with Gasteiger partial charge in [0.05, 0.1) is 22.3 Å². The molecule has 0 fully saturated rings. The van der Waals surface area contributed by atoms with E-state index >= 15 is 0 Å². The molecule has 3 nitrogen and oxygen atoms in total. The minimum atomic E-state index is 0.837. The van der Waals surface area contributed by atoms with E-state index in [4.69, 9.17) is 9.40 Å². The lowest BCUT2D eigenvalue weighted by molar-refractivity contribution is 0.616. The van der Waals surface area contributed by atoms with Crippen molar-refractivity contribution < 1.29 is 4.42 Å². The largest absolute Gasteiger partial charge is 0.464 e. The quantitative estimate of drug-likeness (QED) is 0.213. The van der Waals surface area contributed by atoms with Gasteiger partial charge in [0.1, 0.15) is 17.7 Å². The Balaban J connectivity index is 1.48. The number of para-hydroxylation sites is 2. The lowest BCUT2D eigenvalue weighted by Crippen LogP contribution is -2.03. The topological polar surface area (TPSA) is 31.0 Å². The molecule has 8 aromatic rings. The highest BCUT2D eigenvalue weighted by Crippen LogP contribution is 2.43. The van der Waals surface area contributed by atoms with Gasteiger partial charge in [0.2, 0.25) is 0 Å². The van der Waals surface area contributed by atoms with Crippen LogP contribution in [0, 0.1) is 6.92 Å². The first-order valence-electron chi connectivity index (χ1n) is 14.5. The van der Waals surface area contributed by atoms with Gasteiger partial charge in [-0.1, -0.05) is 109 Å². The monoisotopic (exact) mass is 552 g/mol. The highest BCUT2D eigenvalue weighted by molar-refractivity contribution is 5.99. The molecule has 43 heavy (non-hydrogen) atoms. The molecule has 0 aliphatic carbocycles. The van der Waals surface area contributed by atoms with E-state index in [-0.39, 0.29) is 0 Å². The Morgan fingerprint density at radius 2 is 1.12 bits per heavy atom.